The van der Waals surface area contributed by atoms with Crippen LogP contribution in [0.1, 0.15) is 49.3 Å². The molecule has 2 N–H and O–H groups in total. The van der Waals surface area contributed by atoms with E-state index in [9.17, 15) is 5.11 Å². The number of benzene rings is 1. The van der Waals surface area contributed by atoms with E-state index in [1.165, 1.54) is 30.4 Å². The highest BCUT2D eigenvalue weighted by Crippen LogP contribution is 2.36. The smallest absolute Gasteiger partial charge is 0.0721 e. The van der Waals surface area contributed by atoms with Crippen molar-refractivity contribution in [2.75, 3.05) is 19.8 Å². The number of nitrogens with one attached hydrogen (secondary N) is 1. The second-order valence-electron chi connectivity index (χ2n) is 6.37. The molecule has 0 radical (unpaired) electrons. The van der Waals surface area contributed by atoms with Crippen molar-refractivity contribution >= 4 is 0 Å². The monoisotopic (exact) mass is 275 g/mol. The van der Waals surface area contributed by atoms with Crippen molar-refractivity contribution in [1.82, 2.24) is 5.32 Å². The molecule has 1 fully saturated rings. The van der Waals surface area contributed by atoms with Gasteiger partial charge in [-0.3, -0.25) is 0 Å². The summed E-state index contributed by atoms with van der Waals surface area (Å²) in [4.78, 5) is 0. The van der Waals surface area contributed by atoms with Crippen LogP contribution in [-0.2, 0) is 11.3 Å². The molecule has 0 amide bonds. The van der Waals surface area contributed by atoms with Gasteiger partial charge >= 0.3 is 0 Å². The molecule has 0 bridgehead atoms. The number of aliphatic hydroxyl groups is 1. The maximum Gasteiger partial charge on any atom is 0.0721 e. The number of fused-ring (bicyclic) bond motifs is 1. The number of hydrogen-bond donors (Lipinski definition) is 2. The van der Waals surface area contributed by atoms with Crippen LogP contribution in [0.4, 0.5) is 0 Å². The summed E-state index contributed by atoms with van der Waals surface area (Å²) >= 11 is 0. The van der Waals surface area contributed by atoms with Crippen LogP contribution < -0.4 is 5.32 Å². The molecule has 0 spiro atoms. The van der Waals surface area contributed by atoms with Gasteiger partial charge in [0.15, 0.2) is 0 Å². The Balaban J connectivity index is 1.66. The highest BCUT2D eigenvalue weighted by Gasteiger charge is 2.32. The van der Waals surface area contributed by atoms with Gasteiger partial charge in [-0.25, -0.2) is 0 Å². The molecule has 0 saturated heterocycles. The summed E-state index contributed by atoms with van der Waals surface area (Å²) in [6, 6.07) is 8.78. The van der Waals surface area contributed by atoms with Crippen molar-refractivity contribution in [2.24, 2.45) is 5.41 Å². The summed E-state index contributed by atoms with van der Waals surface area (Å²) < 4.78 is 5.69. The molecule has 20 heavy (non-hydrogen) atoms. The Morgan fingerprint density at radius 1 is 1.20 bits per heavy atom. The van der Waals surface area contributed by atoms with Gasteiger partial charge in [-0.2, -0.15) is 0 Å². The van der Waals surface area contributed by atoms with Crippen LogP contribution in [0.25, 0.3) is 0 Å². The highest BCUT2D eigenvalue weighted by atomic mass is 16.5. The first-order valence-electron chi connectivity index (χ1n) is 7.83. The second-order valence-corrected chi connectivity index (χ2v) is 6.37. The molecule has 1 aromatic rings. The van der Waals surface area contributed by atoms with Gasteiger partial charge < -0.3 is 15.2 Å². The van der Waals surface area contributed by atoms with Crippen molar-refractivity contribution in [2.45, 2.75) is 44.8 Å². The van der Waals surface area contributed by atoms with Crippen LogP contribution in [-0.4, -0.2) is 24.9 Å². The lowest BCUT2D eigenvalue weighted by Gasteiger charge is -2.38. The number of aliphatic hydroxyl groups excluding tert-OH is 1. The van der Waals surface area contributed by atoms with Gasteiger partial charge in [0.2, 0.25) is 0 Å². The Hall–Kier alpha value is -0.900. The van der Waals surface area contributed by atoms with E-state index >= 15 is 0 Å². The third-order valence-corrected chi connectivity index (χ3v) is 4.95. The number of rotatable bonds is 4. The van der Waals surface area contributed by atoms with E-state index < -0.39 is 0 Å². The molecule has 3 nitrogen and oxygen atoms in total. The molecule has 1 unspecified atom stereocenters. The first-order valence-corrected chi connectivity index (χ1v) is 7.83. The fraction of sp³-hybridized carbons (Fsp3) is 0.647. The number of ether oxygens (including phenoxy) is 1. The van der Waals surface area contributed by atoms with Crippen molar-refractivity contribution < 1.29 is 9.84 Å². The Kier molecular flexibility index (Phi) is 4.39. The quantitative estimate of drug-likeness (QED) is 0.888. The summed E-state index contributed by atoms with van der Waals surface area (Å²) in [5.74, 6) is 0. The molecule has 110 valence electrons. The van der Waals surface area contributed by atoms with Crippen LogP contribution in [0, 0.1) is 5.41 Å². The van der Waals surface area contributed by atoms with Crippen molar-refractivity contribution in [3.63, 3.8) is 0 Å². The molecule has 3 rings (SSSR count). The largest absolute Gasteiger partial charge is 0.396 e. The van der Waals surface area contributed by atoms with E-state index in [2.05, 4.69) is 29.6 Å². The van der Waals surface area contributed by atoms with Gasteiger partial charge in [-0.1, -0.05) is 43.5 Å². The molecule has 1 aromatic carbocycles. The molecular formula is C17H25NO2. The minimum absolute atomic E-state index is 0.0879. The summed E-state index contributed by atoms with van der Waals surface area (Å²) in [5, 5.41) is 13.4. The maximum absolute atomic E-state index is 9.80. The zero-order chi connectivity index (χ0) is 13.8. The van der Waals surface area contributed by atoms with E-state index in [0.717, 1.165) is 32.6 Å². The Morgan fingerprint density at radius 2 is 2.00 bits per heavy atom. The van der Waals surface area contributed by atoms with Gasteiger partial charge in [-0.15, -0.1) is 0 Å². The van der Waals surface area contributed by atoms with Crippen LogP contribution in [0.5, 0.6) is 0 Å². The van der Waals surface area contributed by atoms with Crippen molar-refractivity contribution in [3.8, 4) is 0 Å². The first-order chi connectivity index (χ1) is 9.83. The third-order valence-electron chi connectivity index (χ3n) is 4.95. The fourth-order valence-corrected chi connectivity index (χ4v) is 3.58. The Morgan fingerprint density at radius 3 is 2.80 bits per heavy atom. The first kappa shape index (κ1) is 14.1. The zero-order valence-electron chi connectivity index (χ0n) is 12.1. The highest BCUT2D eigenvalue weighted by molar-refractivity contribution is 5.31. The fourth-order valence-electron chi connectivity index (χ4n) is 3.58. The van der Waals surface area contributed by atoms with Crippen molar-refractivity contribution in [3.05, 3.63) is 35.4 Å². The van der Waals surface area contributed by atoms with Crippen LogP contribution in [0.15, 0.2) is 24.3 Å². The molecule has 1 heterocycles. The topological polar surface area (TPSA) is 41.5 Å². The SMILES string of the molecule is OCC1(CNC2COCc3ccccc32)CCCCC1. The molecule has 1 saturated carbocycles. The van der Waals surface area contributed by atoms with Gasteiger partial charge in [0.1, 0.15) is 0 Å². The normalized spacial score (nSPS) is 25.1. The van der Waals surface area contributed by atoms with Gasteiger partial charge in [-0.05, 0) is 24.0 Å². The standard InChI is InChI=1S/C17H25NO2/c19-13-17(8-4-1-5-9-17)12-18-16-11-20-10-14-6-2-3-7-15(14)16/h2-3,6-7,16,18-19H,1,4-5,8-13H2. The van der Waals surface area contributed by atoms with E-state index in [0.29, 0.717) is 6.61 Å². The van der Waals surface area contributed by atoms with E-state index in [-0.39, 0.29) is 11.5 Å². The molecule has 3 heteroatoms. The molecular weight excluding hydrogens is 250 g/mol. The average molecular weight is 275 g/mol. The predicted molar refractivity (Wildman–Crippen MR) is 79.4 cm³/mol. The van der Waals surface area contributed by atoms with Crippen LogP contribution in [0.3, 0.4) is 0 Å². The molecule has 1 aliphatic heterocycles. The van der Waals surface area contributed by atoms with Crippen molar-refractivity contribution in [1.29, 1.82) is 0 Å². The minimum Gasteiger partial charge on any atom is -0.396 e. The Bertz CT molecular complexity index is 440. The van der Waals surface area contributed by atoms with E-state index in [1.807, 2.05) is 0 Å². The van der Waals surface area contributed by atoms with E-state index in [4.69, 9.17) is 4.74 Å². The summed E-state index contributed by atoms with van der Waals surface area (Å²) in [7, 11) is 0. The third kappa shape index (κ3) is 2.90. The van der Waals surface area contributed by atoms with Gasteiger partial charge in [0, 0.05) is 18.6 Å². The summed E-state index contributed by atoms with van der Waals surface area (Å²) in [5.41, 5.74) is 2.74. The summed E-state index contributed by atoms with van der Waals surface area (Å²) in [6.07, 6.45) is 6.11. The minimum atomic E-state index is 0.0879. The molecule has 1 atom stereocenters. The predicted octanol–water partition coefficient (Wildman–Crippen LogP) is 2.79. The lowest BCUT2D eigenvalue weighted by Crippen LogP contribution is -2.42. The Labute approximate surface area is 121 Å². The number of hydrogen-bond acceptors (Lipinski definition) is 3. The average Bonchev–Trinajstić information content (AvgIpc) is 2.54. The van der Waals surface area contributed by atoms with Crippen LogP contribution >= 0.6 is 0 Å². The maximum atomic E-state index is 9.80. The van der Waals surface area contributed by atoms with E-state index in [1.54, 1.807) is 0 Å². The lowest BCUT2D eigenvalue weighted by atomic mass is 9.74. The van der Waals surface area contributed by atoms with Crippen LogP contribution in [0.2, 0.25) is 0 Å². The zero-order valence-corrected chi connectivity index (χ0v) is 12.1. The summed E-state index contributed by atoms with van der Waals surface area (Å²) in [6.45, 7) is 2.65. The van der Waals surface area contributed by atoms with Gasteiger partial charge in [0.25, 0.3) is 0 Å². The molecule has 2 aliphatic rings. The lowest BCUT2D eigenvalue weighted by molar-refractivity contribution is 0.0544. The molecule has 1 aliphatic carbocycles. The van der Waals surface area contributed by atoms with Gasteiger partial charge in [0.05, 0.1) is 19.3 Å². The second kappa shape index (κ2) is 6.25. The molecule has 0 aromatic heterocycles.